The maximum absolute atomic E-state index is 13.9. The summed E-state index contributed by atoms with van der Waals surface area (Å²) in [5.41, 5.74) is 8.10. The zero-order chi connectivity index (χ0) is 37.6. The van der Waals surface area contributed by atoms with Gasteiger partial charge in [-0.1, -0.05) is 80.6 Å². The van der Waals surface area contributed by atoms with Crippen molar-refractivity contribution in [2.75, 3.05) is 11.4 Å². The van der Waals surface area contributed by atoms with Crippen molar-refractivity contribution in [3.8, 4) is 0 Å². The standard InChI is InChI=1S/C38H44N6O8/c1-25(2)21-31(42-38(49)52-24-27-11-7-4-8-12-27)37(48)41-32(22-26-9-5-3-6-10-26)36(47)40-29(13-17-34(39)45)14-18-35(46)43-20-19-28-23-30(44(50)51)15-16-33(28)43/h3-12,14-16,18,23,25,29,31-32H,13,17,19-22,24H2,1-2H3,(H2,39,45)(H,40,47)(H,41,48)(H,42,49)/b18-14+/t29-,31-,32-/m0/s1. The molecular weight excluding hydrogens is 668 g/mol. The van der Waals surface area contributed by atoms with Gasteiger partial charge in [0.1, 0.15) is 18.7 Å². The zero-order valence-corrected chi connectivity index (χ0v) is 29.2. The van der Waals surface area contributed by atoms with Gasteiger partial charge in [0.05, 0.1) is 4.92 Å². The highest BCUT2D eigenvalue weighted by Crippen LogP contribution is 2.31. The van der Waals surface area contributed by atoms with Crippen LogP contribution in [0.25, 0.3) is 0 Å². The van der Waals surface area contributed by atoms with Crippen LogP contribution in [0.5, 0.6) is 0 Å². The van der Waals surface area contributed by atoms with E-state index in [0.717, 1.165) is 11.1 Å². The fourth-order valence-corrected chi connectivity index (χ4v) is 5.76. The third-order valence-corrected chi connectivity index (χ3v) is 8.38. The smallest absolute Gasteiger partial charge is 0.408 e. The summed E-state index contributed by atoms with van der Waals surface area (Å²) >= 11 is 0. The van der Waals surface area contributed by atoms with E-state index >= 15 is 0 Å². The van der Waals surface area contributed by atoms with Crippen LogP contribution in [0.3, 0.4) is 0 Å². The van der Waals surface area contributed by atoms with Gasteiger partial charge in [-0.15, -0.1) is 0 Å². The lowest BCUT2D eigenvalue weighted by molar-refractivity contribution is -0.384. The van der Waals surface area contributed by atoms with Crippen molar-refractivity contribution in [2.24, 2.45) is 11.7 Å². The Morgan fingerprint density at radius 1 is 0.904 bits per heavy atom. The van der Waals surface area contributed by atoms with Gasteiger partial charge in [0.25, 0.3) is 11.6 Å². The number of amides is 5. The van der Waals surface area contributed by atoms with Crippen LogP contribution < -0.4 is 26.6 Å². The van der Waals surface area contributed by atoms with Crippen LogP contribution in [0.4, 0.5) is 16.2 Å². The van der Waals surface area contributed by atoms with E-state index in [1.807, 2.05) is 50.2 Å². The molecule has 3 atom stereocenters. The number of hydrogen-bond donors (Lipinski definition) is 4. The summed E-state index contributed by atoms with van der Waals surface area (Å²) in [5.74, 6) is -2.19. The largest absolute Gasteiger partial charge is 0.445 e. The molecule has 0 aromatic heterocycles. The fourth-order valence-electron chi connectivity index (χ4n) is 5.76. The van der Waals surface area contributed by atoms with Gasteiger partial charge >= 0.3 is 6.09 Å². The van der Waals surface area contributed by atoms with Crippen molar-refractivity contribution in [3.05, 3.63) is 118 Å². The number of anilines is 1. The molecule has 3 aromatic rings. The van der Waals surface area contributed by atoms with Gasteiger partial charge in [-0.3, -0.25) is 29.3 Å². The van der Waals surface area contributed by atoms with Crippen LogP contribution in [0.2, 0.25) is 0 Å². The number of nitrogens with two attached hydrogens (primary N) is 1. The van der Waals surface area contributed by atoms with Crippen molar-refractivity contribution in [1.29, 1.82) is 0 Å². The molecule has 0 radical (unpaired) electrons. The molecule has 3 aromatic carbocycles. The van der Waals surface area contributed by atoms with Crippen LogP contribution in [0.15, 0.2) is 91.0 Å². The number of nitro groups is 1. The van der Waals surface area contributed by atoms with E-state index in [2.05, 4.69) is 16.0 Å². The minimum atomic E-state index is -1.10. The second-order valence-corrected chi connectivity index (χ2v) is 12.9. The summed E-state index contributed by atoms with van der Waals surface area (Å²) in [6.07, 6.45) is 2.74. The molecule has 0 fully saturated rings. The Morgan fingerprint density at radius 2 is 1.56 bits per heavy atom. The predicted molar refractivity (Wildman–Crippen MR) is 194 cm³/mol. The topological polar surface area (TPSA) is 203 Å². The molecule has 1 heterocycles. The SMILES string of the molecule is CC(C)C[C@H](NC(=O)OCc1ccccc1)C(=O)N[C@@H](Cc1ccccc1)C(=O)N[C@H](/C=C/C(=O)N1CCc2cc([N+](=O)[O-])ccc21)CCC(N)=O. The number of nitro benzene ring substituents is 1. The number of non-ortho nitro benzene ring substituents is 1. The molecule has 5 N–H and O–H groups in total. The Balaban J connectivity index is 1.49. The zero-order valence-electron chi connectivity index (χ0n) is 29.2. The van der Waals surface area contributed by atoms with E-state index < -0.39 is 52.8 Å². The first kappa shape index (κ1) is 38.7. The van der Waals surface area contributed by atoms with Crippen LogP contribution in [-0.2, 0) is 43.4 Å². The van der Waals surface area contributed by atoms with Gasteiger partial charge in [-0.25, -0.2) is 4.79 Å². The number of nitrogens with zero attached hydrogens (tertiary/aromatic N) is 2. The number of primary amides is 1. The lowest BCUT2D eigenvalue weighted by Gasteiger charge is -2.25. The Morgan fingerprint density at radius 3 is 2.19 bits per heavy atom. The van der Waals surface area contributed by atoms with Crippen LogP contribution in [0, 0.1) is 16.0 Å². The van der Waals surface area contributed by atoms with E-state index in [4.69, 9.17) is 10.5 Å². The Bertz CT molecular complexity index is 1770. The van der Waals surface area contributed by atoms with E-state index in [1.165, 1.54) is 35.3 Å². The van der Waals surface area contributed by atoms with Crippen LogP contribution in [0.1, 0.15) is 49.8 Å². The van der Waals surface area contributed by atoms with Gasteiger partial charge in [-0.2, -0.15) is 0 Å². The molecule has 0 spiro atoms. The summed E-state index contributed by atoms with van der Waals surface area (Å²) in [4.78, 5) is 77.4. The van der Waals surface area contributed by atoms with E-state index in [1.54, 1.807) is 24.3 Å². The molecule has 52 heavy (non-hydrogen) atoms. The van der Waals surface area contributed by atoms with Gasteiger partial charge in [0, 0.05) is 49.3 Å². The monoisotopic (exact) mass is 712 g/mol. The third-order valence-electron chi connectivity index (χ3n) is 8.38. The summed E-state index contributed by atoms with van der Waals surface area (Å²) < 4.78 is 5.34. The normalized spacial score (nSPS) is 13.9. The highest BCUT2D eigenvalue weighted by atomic mass is 16.6. The van der Waals surface area contributed by atoms with Gasteiger partial charge in [0.2, 0.25) is 17.7 Å². The molecule has 0 unspecified atom stereocenters. The molecule has 1 aliphatic rings. The highest BCUT2D eigenvalue weighted by molar-refractivity contribution is 6.03. The molecule has 0 aliphatic carbocycles. The average Bonchev–Trinajstić information content (AvgIpc) is 3.55. The minimum Gasteiger partial charge on any atom is -0.445 e. The minimum absolute atomic E-state index is 0.00474. The maximum atomic E-state index is 13.9. The molecular formula is C38H44N6O8. The molecule has 0 bridgehead atoms. The molecule has 1 aliphatic heterocycles. The van der Waals surface area contributed by atoms with E-state index in [9.17, 15) is 34.1 Å². The predicted octanol–water partition coefficient (Wildman–Crippen LogP) is 3.86. The maximum Gasteiger partial charge on any atom is 0.408 e. The molecule has 0 saturated heterocycles. The summed E-state index contributed by atoms with van der Waals surface area (Å²) in [5, 5.41) is 19.5. The van der Waals surface area contributed by atoms with Gasteiger partial charge in [0.15, 0.2) is 0 Å². The van der Waals surface area contributed by atoms with E-state index in [0.29, 0.717) is 24.2 Å². The second-order valence-electron chi connectivity index (χ2n) is 12.9. The number of rotatable bonds is 17. The summed E-state index contributed by atoms with van der Waals surface area (Å²) in [7, 11) is 0. The Labute approximate surface area is 301 Å². The Hall–Kier alpha value is -6.05. The second kappa shape index (κ2) is 18.8. The first-order valence-corrected chi connectivity index (χ1v) is 17.1. The third kappa shape index (κ3) is 11.8. The quantitative estimate of drug-likeness (QED) is 0.0917. The molecule has 0 saturated carbocycles. The molecule has 14 nitrogen and oxygen atoms in total. The molecule has 274 valence electrons. The molecule has 5 amide bonds. The number of alkyl carbamates (subject to hydrolysis) is 1. The average molecular weight is 713 g/mol. The van der Waals surface area contributed by atoms with Crippen molar-refractivity contribution in [1.82, 2.24) is 16.0 Å². The number of fused-ring (bicyclic) bond motifs is 1. The summed E-state index contributed by atoms with van der Waals surface area (Å²) in [6.45, 7) is 4.12. The van der Waals surface area contributed by atoms with E-state index in [-0.39, 0.29) is 43.9 Å². The summed E-state index contributed by atoms with van der Waals surface area (Å²) in [6, 6.07) is 19.5. The number of carbonyl (C=O) groups is 5. The van der Waals surface area contributed by atoms with Gasteiger partial charge < -0.3 is 31.3 Å². The van der Waals surface area contributed by atoms with Crippen molar-refractivity contribution >= 4 is 41.1 Å². The van der Waals surface area contributed by atoms with Crippen molar-refractivity contribution < 1.29 is 33.6 Å². The first-order valence-electron chi connectivity index (χ1n) is 17.1. The lowest BCUT2D eigenvalue weighted by Crippen LogP contribution is -2.55. The van der Waals surface area contributed by atoms with Crippen LogP contribution >= 0.6 is 0 Å². The fraction of sp³-hybridized carbons (Fsp3) is 0.342. The lowest BCUT2D eigenvalue weighted by atomic mass is 10.0. The highest BCUT2D eigenvalue weighted by Gasteiger charge is 2.30. The van der Waals surface area contributed by atoms with Crippen molar-refractivity contribution in [2.45, 2.75) is 70.7 Å². The number of hydrogen-bond acceptors (Lipinski definition) is 8. The van der Waals surface area contributed by atoms with Crippen molar-refractivity contribution in [3.63, 3.8) is 0 Å². The molecule has 4 rings (SSSR count). The number of nitrogens with one attached hydrogen (secondary N) is 3. The van der Waals surface area contributed by atoms with Crippen LogP contribution in [-0.4, -0.2) is 59.3 Å². The first-order chi connectivity index (χ1) is 24.9. The van der Waals surface area contributed by atoms with Gasteiger partial charge in [-0.05, 0) is 47.9 Å². The molecule has 14 heteroatoms. The number of ether oxygens (including phenoxy) is 1. The number of benzene rings is 3. The number of carbonyl (C=O) groups excluding carboxylic acids is 5. The Kier molecular flexibility index (Phi) is 14.0.